The second-order valence-corrected chi connectivity index (χ2v) is 7.07. The van der Waals surface area contributed by atoms with E-state index in [-0.39, 0.29) is 5.91 Å². The maximum absolute atomic E-state index is 11.3. The summed E-state index contributed by atoms with van der Waals surface area (Å²) in [5, 5.41) is 4.10. The van der Waals surface area contributed by atoms with Gasteiger partial charge in [-0.1, -0.05) is 42.3 Å². The van der Waals surface area contributed by atoms with E-state index in [0.717, 1.165) is 29.0 Å². The van der Waals surface area contributed by atoms with Crippen LogP contribution < -0.4 is 14.8 Å². The molecule has 0 bridgehead atoms. The number of hydrogen-bond acceptors (Lipinski definition) is 3. The van der Waals surface area contributed by atoms with Crippen LogP contribution in [0.25, 0.3) is 0 Å². The molecule has 3 rings (SSSR count). The summed E-state index contributed by atoms with van der Waals surface area (Å²) in [6.07, 6.45) is 1.37. The van der Waals surface area contributed by atoms with Crippen molar-refractivity contribution in [2.45, 2.75) is 32.3 Å². The Morgan fingerprint density at radius 2 is 2.12 bits per heavy atom. The Balaban J connectivity index is 1.58. The first-order valence-corrected chi connectivity index (χ1v) is 9.42. The molecule has 26 heavy (non-hydrogen) atoms. The van der Waals surface area contributed by atoms with Gasteiger partial charge in [-0.2, -0.15) is 0 Å². The lowest BCUT2D eigenvalue weighted by atomic mass is 9.98. The molecule has 0 aromatic heterocycles. The molecule has 6 heteroatoms. The molecule has 1 aliphatic heterocycles. The number of nitrogens with one attached hydrogen (secondary N) is 1. The van der Waals surface area contributed by atoms with E-state index in [2.05, 4.69) is 5.32 Å². The third kappa shape index (κ3) is 4.63. The number of fused-ring (bicyclic) bond motifs is 1. The summed E-state index contributed by atoms with van der Waals surface area (Å²) >= 11 is 12.1. The SMILES string of the molecule is CCC(=O)NCC[C@@H]1COc2cc(OCc3ccc(Cl)cc3Cl)ccc21. The number of carbonyl (C=O) groups excluding carboxylic acids is 1. The van der Waals surface area contributed by atoms with Crippen LogP contribution in [0.2, 0.25) is 10.0 Å². The topological polar surface area (TPSA) is 47.6 Å². The van der Waals surface area contributed by atoms with E-state index in [0.29, 0.717) is 42.1 Å². The predicted octanol–water partition coefficient (Wildman–Crippen LogP) is 4.96. The van der Waals surface area contributed by atoms with E-state index in [1.54, 1.807) is 12.1 Å². The largest absolute Gasteiger partial charge is 0.493 e. The highest BCUT2D eigenvalue weighted by Gasteiger charge is 2.24. The Morgan fingerprint density at radius 3 is 2.88 bits per heavy atom. The van der Waals surface area contributed by atoms with Crippen molar-refractivity contribution in [1.29, 1.82) is 0 Å². The number of halogens is 2. The van der Waals surface area contributed by atoms with E-state index in [1.165, 1.54) is 0 Å². The minimum absolute atomic E-state index is 0.0775. The predicted molar refractivity (Wildman–Crippen MR) is 103 cm³/mol. The van der Waals surface area contributed by atoms with Gasteiger partial charge in [-0.25, -0.2) is 0 Å². The van der Waals surface area contributed by atoms with Crippen LogP contribution in [-0.2, 0) is 11.4 Å². The van der Waals surface area contributed by atoms with Gasteiger partial charge in [-0.05, 0) is 24.6 Å². The molecule has 4 nitrogen and oxygen atoms in total. The third-order valence-corrected chi connectivity index (χ3v) is 5.00. The Labute approximate surface area is 163 Å². The van der Waals surface area contributed by atoms with Gasteiger partial charge in [0.2, 0.25) is 5.91 Å². The monoisotopic (exact) mass is 393 g/mol. The zero-order valence-electron chi connectivity index (χ0n) is 14.6. The average Bonchev–Trinajstić information content (AvgIpc) is 3.03. The van der Waals surface area contributed by atoms with Crippen LogP contribution in [0, 0.1) is 0 Å². The standard InChI is InChI=1S/C20H21Cl2NO3/c1-2-20(24)23-8-7-13-11-26-19-10-16(5-6-17(13)19)25-12-14-3-4-15(21)9-18(14)22/h3-6,9-10,13H,2,7-8,11-12H2,1H3,(H,23,24)/t13-/m1/s1. The number of ether oxygens (including phenoxy) is 2. The van der Waals surface area contributed by atoms with Crippen molar-refractivity contribution in [2.75, 3.05) is 13.2 Å². The van der Waals surface area contributed by atoms with Crippen molar-refractivity contribution in [2.24, 2.45) is 0 Å². The van der Waals surface area contributed by atoms with E-state index in [9.17, 15) is 4.79 Å². The lowest BCUT2D eigenvalue weighted by Gasteiger charge is -2.11. The highest BCUT2D eigenvalue weighted by atomic mass is 35.5. The van der Waals surface area contributed by atoms with Crippen molar-refractivity contribution in [3.8, 4) is 11.5 Å². The fourth-order valence-corrected chi connectivity index (χ4v) is 3.36. The minimum Gasteiger partial charge on any atom is -0.493 e. The molecule has 1 heterocycles. The van der Waals surface area contributed by atoms with Crippen molar-refractivity contribution < 1.29 is 14.3 Å². The average molecular weight is 394 g/mol. The van der Waals surface area contributed by atoms with E-state index >= 15 is 0 Å². The van der Waals surface area contributed by atoms with Crippen molar-refractivity contribution in [3.05, 3.63) is 57.6 Å². The molecule has 1 amide bonds. The Hall–Kier alpha value is -1.91. The van der Waals surface area contributed by atoms with Gasteiger partial charge in [0, 0.05) is 46.1 Å². The Bertz CT molecular complexity index is 795. The molecule has 0 aliphatic carbocycles. The van der Waals surface area contributed by atoms with Crippen LogP contribution in [0.3, 0.4) is 0 Å². The van der Waals surface area contributed by atoms with Crippen molar-refractivity contribution in [3.63, 3.8) is 0 Å². The lowest BCUT2D eigenvalue weighted by molar-refractivity contribution is -0.120. The van der Waals surface area contributed by atoms with Gasteiger partial charge in [-0.15, -0.1) is 0 Å². The van der Waals surface area contributed by atoms with Crippen molar-refractivity contribution in [1.82, 2.24) is 5.32 Å². The van der Waals surface area contributed by atoms with E-state index in [1.807, 2.05) is 31.2 Å². The van der Waals surface area contributed by atoms with E-state index < -0.39 is 0 Å². The molecule has 0 fully saturated rings. The summed E-state index contributed by atoms with van der Waals surface area (Å²) in [7, 11) is 0. The fraction of sp³-hybridized carbons (Fsp3) is 0.350. The van der Waals surface area contributed by atoms with Gasteiger partial charge in [0.25, 0.3) is 0 Å². The van der Waals surface area contributed by atoms with Gasteiger partial charge < -0.3 is 14.8 Å². The number of carbonyl (C=O) groups is 1. The van der Waals surface area contributed by atoms with Crippen LogP contribution in [0.15, 0.2) is 36.4 Å². The summed E-state index contributed by atoms with van der Waals surface area (Å²) in [5.74, 6) is 1.95. The quantitative estimate of drug-likeness (QED) is 0.722. The van der Waals surface area contributed by atoms with Gasteiger partial charge >= 0.3 is 0 Å². The Morgan fingerprint density at radius 1 is 1.27 bits per heavy atom. The molecule has 1 atom stereocenters. The van der Waals surface area contributed by atoms with Gasteiger partial charge in [0.05, 0.1) is 6.61 Å². The normalized spacial score (nSPS) is 15.3. The molecule has 2 aromatic carbocycles. The second kappa shape index (κ2) is 8.65. The number of hydrogen-bond donors (Lipinski definition) is 1. The summed E-state index contributed by atoms with van der Waals surface area (Å²) in [5.41, 5.74) is 2.04. The van der Waals surface area contributed by atoms with Crippen LogP contribution in [0.4, 0.5) is 0 Å². The summed E-state index contributed by atoms with van der Waals surface area (Å²) < 4.78 is 11.6. The molecule has 0 unspecified atom stereocenters. The molecule has 0 saturated heterocycles. The molecular formula is C20H21Cl2NO3. The first kappa shape index (κ1) is 18.9. The molecule has 0 spiro atoms. The minimum atomic E-state index is 0.0775. The molecule has 1 aliphatic rings. The lowest BCUT2D eigenvalue weighted by Crippen LogP contribution is -2.24. The van der Waals surface area contributed by atoms with Gasteiger partial charge in [0.1, 0.15) is 18.1 Å². The van der Waals surface area contributed by atoms with E-state index in [4.69, 9.17) is 32.7 Å². The highest BCUT2D eigenvalue weighted by Crippen LogP contribution is 2.38. The smallest absolute Gasteiger partial charge is 0.219 e. The van der Waals surface area contributed by atoms with Crippen LogP contribution in [-0.4, -0.2) is 19.1 Å². The first-order chi connectivity index (χ1) is 12.6. The van der Waals surface area contributed by atoms with Crippen LogP contribution >= 0.6 is 23.2 Å². The number of rotatable bonds is 7. The molecule has 2 aromatic rings. The maximum atomic E-state index is 11.3. The van der Waals surface area contributed by atoms with Gasteiger partial charge in [-0.3, -0.25) is 4.79 Å². The summed E-state index contributed by atoms with van der Waals surface area (Å²) in [6.45, 7) is 3.50. The molecule has 0 saturated carbocycles. The molecular weight excluding hydrogens is 373 g/mol. The molecule has 0 radical (unpaired) electrons. The second-order valence-electron chi connectivity index (χ2n) is 6.22. The first-order valence-electron chi connectivity index (χ1n) is 8.67. The van der Waals surface area contributed by atoms with Crippen LogP contribution in [0.5, 0.6) is 11.5 Å². The molecule has 138 valence electrons. The van der Waals surface area contributed by atoms with Crippen molar-refractivity contribution >= 4 is 29.1 Å². The summed E-state index contributed by atoms with van der Waals surface area (Å²) in [6, 6.07) is 11.2. The molecule has 1 N–H and O–H groups in total. The fourth-order valence-electron chi connectivity index (χ4n) is 2.90. The number of amides is 1. The zero-order chi connectivity index (χ0) is 18.5. The maximum Gasteiger partial charge on any atom is 0.219 e. The Kier molecular flexibility index (Phi) is 6.28. The van der Waals surface area contributed by atoms with Crippen LogP contribution in [0.1, 0.15) is 36.8 Å². The third-order valence-electron chi connectivity index (χ3n) is 4.41. The zero-order valence-corrected chi connectivity index (χ0v) is 16.1. The summed E-state index contributed by atoms with van der Waals surface area (Å²) in [4.78, 5) is 11.3. The van der Waals surface area contributed by atoms with Gasteiger partial charge in [0.15, 0.2) is 0 Å². The highest BCUT2D eigenvalue weighted by molar-refractivity contribution is 6.35. The number of benzene rings is 2.